The molecule has 0 aromatic rings. The standard InChI is InChI=1S/C36H75P/c1-10-13-16-19-22-25-28-31-34(4,5)37(35(6,7)32-29-26-23-20-17-14-11-2)36(8,9)33-30-27-24-21-18-15-12-3/h10-33H2,1-9H3. The number of unbranched alkanes of at least 4 members (excludes halogenated alkanes) is 18. The van der Waals surface area contributed by atoms with Crippen LogP contribution in [0.25, 0.3) is 0 Å². The van der Waals surface area contributed by atoms with Crippen molar-refractivity contribution in [2.24, 2.45) is 0 Å². The second-order valence-corrected chi connectivity index (χ2v) is 18.7. The van der Waals surface area contributed by atoms with Gasteiger partial charge in [-0.3, -0.25) is 0 Å². The summed E-state index contributed by atoms with van der Waals surface area (Å²) in [5, 5.41) is 1.44. The maximum absolute atomic E-state index is 2.68. The first-order chi connectivity index (χ1) is 17.5. The Morgan fingerprint density at radius 2 is 0.486 bits per heavy atom. The fourth-order valence-electron chi connectivity index (χ4n) is 7.34. The van der Waals surface area contributed by atoms with Crippen molar-refractivity contribution in [2.45, 2.75) is 232 Å². The molecule has 37 heavy (non-hydrogen) atoms. The van der Waals surface area contributed by atoms with Crippen LogP contribution >= 0.6 is 7.92 Å². The van der Waals surface area contributed by atoms with Crippen LogP contribution in [0, 0.1) is 0 Å². The molecule has 0 spiro atoms. The van der Waals surface area contributed by atoms with E-state index in [-0.39, 0.29) is 7.92 Å². The van der Waals surface area contributed by atoms with Crippen molar-refractivity contribution in [2.75, 3.05) is 0 Å². The normalized spacial score (nSPS) is 13.1. The first-order valence-electron chi connectivity index (χ1n) is 17.4. The highest BCUT2D eigenvalue weighted by molar-refractivity contribution is 7.62. The van der Waals surface area contributed by atoms with Crippen molar-refractivity contribution in [3.8, 4) is 0 Å². The number of hydrogen-bond donors (Lipinski definition) is 0. The summed E-state index contributed by atoms with van der Waals surface area (Å²) in [5.74, 6) is 0. The van der Waals surface area contributed by atoms with Gasteiger partial charge in [0.25, 0.3) is 0 Å². The summed E-state index contributed by atoms with van der Waals surface area (Å²) in [7, 11) is -0.0811. The van der Waals surface area contributed by atoms with Crippen LogP contribution in [0.1, 0.15) is 216 Å². The van der Waals surface area contributed by atoms with Gasteiger partial charge < -0.3 is 0 Å². The van der Waals surface area contributed by atoms with E-state index in [4.69, 9.17) is 0 Å². The lowest BCUT2D eigenvalue weighted by Gasteiger charge is -2.54. The minimum atomic E-state index is -0.0811. The molecule has 0 aliphatic rings. The highest BCUT2D eigenvalue weighted by Crippen LogP contribution is 2.71. The summed E-state index contributed by atoms with van der Waals surface area (Å²) < 4.78 is 0. The van der Waals surface area contributed by atoms with Gasteiger partial charge in [0.2, 0.25) is 0 Å². The molecule has 0 aromatic heterocycles. The van der Waals surface area contributed by atoms with Crippen molar-refractivity contribution in [1.82, 2.24) is 0 Å². The number of rotatable bonds is 27. The van der Waals surface area contributed by atoms with Crippen LogP contribution in [-0.4, -0.2) is 15.5 Å². The minimum absolute atomic E-state index is 0.0811. The third-order valence-electron chi connectivity index (χ3n) is 8.99. The summed E-state index contributed by atoms with van der Waals surface area (Å²) in [6, 6.07) is 0. The molecule has 0 heterocycles. The van der Waals surface area contributed by atoms with Crippen molar-refractivity contribution in [1.29, 1.82) is 0 Å². The first-order valence-corrected chi connectivity index (χ1v) is 18.7. The van der Waals surface area contributed by atoms with Gasteiger partial charge in [-0.05, 0) is 34.7 Å². The molecule has 0 amide bonds. The van der Waals surface area contributed by atoms with Crippen molar-refractivity contribution in [3.05, 3.63) is 0 Å². The summed E-state index contributed by atoms with van der Waals surface area (Å²) in [6.07, 6.45) is 34.4. The first kappa shape index (κ1) is 37.4. The van der Waals surface area contributed by atoms with E-state index in [9.17, 15) is 0 Å². The van der Waals surface area contributed by atoms with Crippen LogP contribution in [0.2, 0.25) is 0 Å². The van der Waals surface area contributed by atoms with Crippen LogP contribution in [0.3, 0.4) is 0 Å². The van der Waals surface area contributed by atoms with Gasteiger partial charge in [0.05, 0.1) is 0 Å². The van der Waals surface area contributed by atoms with E-state index in [2.05, 4.69) is 62.3 Å². The summed E-state index contributed by atoms with van der Waals surface area (Å²) >= 11 is 0. The summed E-state index contributed by atoms with van der Waals surface area (Å²) in [6.45, 7) is 23.0. The maximum Gasteiger partial charge on any atom is -0.0141 e. The average molecular weight is 539 g/mol. The number of hydrogen-bond acceptors (Lipinski definition) is 0. The fourth-order valence-corrected chi connectivity index (χ4v) is 13.4. The molecule has 0 saturated carbocycles. The molecule has 0 atom stereocenters. The van der Waals surface area contributed by atoms with Crippen molar-refractivity contribution < 1.29 is 0 Å². The molecular formula is C36H75P. The van der Waals surface area contributed by atoms with E-state index < -0.39 is 0 Å². The second kappa shape index (κ2) is 22.2. The molecule has 0 nitrogen and oxygen atoms in total. The van der Waals surface area contributed by atoms with Gasteiger partial charge in [-0.1, -0.05) is 205 Å². The van der Waals surface area contributed by atoms with Gasteiger partial charge in [0, 0.05) is 0 Å². The monoisotopic (exact) mass is 539 g/mol. The van der Waals surface area contributed by atoms with Crippen LogP contribution < -0.4 is 0 Å². The Balaban J connectivity index is 5.09. The summed E-state index contributed by atoms with van der Waals surface area (Å²) in [4.78, 5) is 0. The SMILES string of the molecule is CCCCCCCCCC(C)(C)P(C(C)(C)CCCCCCCCC)C(C)(C)CCCCCCCCC. The Labute approximate surface area is 239 Å². The van der Waals surface area contributed by atoms with Crippen LogP contribution in [0.5, 0.6) is 0 Å². The fraction of sp³-hybridized carbons (Fsp3) is 1.00. The molecule has 0 fully saturated rings. The Morgan fingerprint density at radius 3 is 0.703 bits per heavy atom. The van der Waals surface area contributed by atoms with Crippen molar-refractivity contribution >= 4 is 7.92 Å². The van der Waals surface area contributed by atoms with Gasteiger partial charge in [-0.25, -0.2) is 0 Å². The van der Waals surface area contributed by atoms with E-state index >= 15 is 0 Å². The van der Waals surface area contributed by atoms with E-state index in [0.717, 1.165) is 0 Å². The van der Waals surface area contributed by atoms with Crippen LogP contribution in [-0.2, 0) is 0 Å². The molecule has 0 aliphatic heterocycles. The molecule has 0 aliphatic carbocycles. The average Bonchev–Trinajstić information content (AvgIpc) is 2.81. The van der Waals surface area contributed by atoms with Gasteiger partial charge in [0.15, 0.2) is 0 Å². The zero-order valence-electron chi connectivity index (χ0n) is 27.9. The third kappa shape index (κ3) is 18.4. The molecule has 0 unspecified atom stereocenters. The van der Waals surface area contributed by atoms with E-state index in [1.54, 1.807) is 0 Å². The lowest BCUT2D eigenvalue weighted by atomic mass is 10.0. The van der Waals surface area contributed by atoms with Gasteiger partial charge in [-0.2, -0.15) is 0 Å². The van der Waals surface area contributed by atoms with Gasteiger partial charge >= 0.3 is 0 Å². The third-order valence-corrected chi connectivity index (χ3v) is 13.3. The molecule has 0 aromatic carbocycles. The zero-order valence-corrected chi connectivity index (χ0v) is 28.8. The highest BCUT2D eigenvalue weighted by Gasteiger charge is 2.47. The lowest BCUT2D eigenvalue weighted by molar-refractivity contribution is 0.468. The molecule has 0 N–H and O–H groups in total. The Bertz CT molecular complexity index is 418. The quantitative estimate of drug-likeness (QED) is 0.0720. The molecule has 0 saturated heterocycles. The van der Waals surface area contributed by atoms with E-state index in [0.29, 0.717) is 15.5 Å². The predicted octanol–water partition coefficient (Wildman–Crippen LogP) is 14.2. The molecule has 224 valence electrons. The Kier molecular flexibility index (Phi) is 22.4. The molecule has 0 bridgehead atoms. The second-order valence-electron chi connectivity index (χ2n) is 14.4. The van der Waals surface area contributed by atoms with Gasteiger partial charge in [-0.15, -0.1) is 0 Å². The zero-order chi connectivity index (χ0) is 28.0. The largest absolute Gasteiger partial charge is 0.0893 e. The summed E-state index contributed by atoms with van der Waals surface area (Å²) in [5.41, 5.74) is 0. The van der Waals surface area contributed by atoms with Crippen molar-refractivity contribution in [3.63, 3.8) is 0 Å². The van der Waals surface area contributed by atoms with E-state index in [1.165, 1.54) is 154 Å². The van der Waals surface area contributed by atoms with E-state index in [1.807, 2.05) is 0 Å². The minimum Gasteiger partial charge on any atom is -0.0893 e. The molecule has 0 radical (unpaired) electrons. The van der Waals surface area contributed by atoms with Crippen LogP contribution in [0.15, 0.2) is 0 Å². The Hall–Kier alpha value is 0.430. The molecular weight excluding hydrogens is 463 g/mol. The van der Waals surface area contributed by atoms with Gasteiger partial charge in [0.1, 0.15) is 0 Å². The molecule has 1 heteroatoms. The maximum atomic E-state index is 2.68. The van der Waals surface area contributed by atoms with Crippen LogP contribution in [0.4, 0.5) is 0 Å². The molecule has 0 rings (SSSR count). The predicted molar refractivity (Wildman–Crippen MR) is 177 cm³/mol. The smallest absolute Gasteiger partial charge is 0.0141 e. The highest BCUT2D eigenvalue weighted by atomic mass is 31.1. The topological polar surface area (TPSA) is 0 Å². The lowest BCUT2D eigenvalue weighted by Crippen LogP contribution is -2.40. The Morgan fingerprint density at radius 1 is 0.297 bits per heavy atom.